The first-order valence-corrected chi connectivity index (χ1v) is 11.5. The average Bonchev–Trinajstić information content (AvgIpc) is 3.38. The summed E-state index contributed by atoms with van der Waals surface area (Å²) in [5.41, 5.74) is 2.70. The molecule has 5 rings (SSSR count). The first-order chi connectivity index (χ1) is 17.4. The quantitative estimate of drug-likeness (QED) is 0.245. The number of halogens is 2. The van der Waals surface area contributed by atoms with E-state index in [2.05, 4.69) is 20.2 Å². The third-order valence-corrected chi connectivity index (χ3v) is 6.37. The Labute approximate surface area is 214 Å². The summed E-state index contributed by atoms with van der Waals surface area (Å²) in [4.78, 5) is 20.4. The summed E-state index contributed by atoms with van der Waals surface area (Å²) >= 11 is 12.5. The number of ether oxygens (including phenoxy) is 2. The highest BCUT2D eigenvalue weighted by molar-refractivity contribution is 6.42. The lowest BCUT2D eigenvalue weighted by Crippen LogP contribution is -2.08. The van der Waals surface area contributed by atoms with Crippen molar-refractivity contribution in [2.24, 2.45) is 10.2 Å². The number of hydrogen-bond donors (Lipinski definition) is 2. The van der Waals surface area contributed by atoms with Gasteiger partial charge >= 0.3 is 0 Å². The third kappa shape index (κ3) is 4.34. The van der Waals surface area contributed by atoms with Gasteiger partial charge in [-0.2, -0.15) is 0 Å². The van der Waals surface area contributed by atoms with E-state index in [1.165, 1.54) is 7.11 Å². The van der Waals surface area contributed by atoms with Gasteiger partial charge in [-0.15, -0.1) is 10.2 Å². The smallest absolute Gasteiger partial charge is 0.284 e. The molecule has 2 aromatic heterocycles. The van der Waals surface area contributed by atoms with Crippen LogP contribution in [0, 0.1) is 0 Å². The number of aromatic amines is 1. The van der Waals surface area contributed by atoms with E-state index >= 15 is 0 Å². The largest absolute Gasteiger partial charge is 0.497 e. The highest BCUT2D eigenvalue weighted by atomic mass is 35.5. The number of azo groups is 1. The van der Waals surface area contributed by atoms with Crippen molar-refractivity contribution in [3.63, 3.8) is 0 Å². The Bertz CT molecular complexity index is 1640. The van der Waals surface area contributed by atoms with E-state index in [1.807, 2.05) is 12.1 Å². The van der Waals surface area contributed by atoms with Crippen LogP contribution in [0.15, 0.2) is 64.8 Å². The molecule has 0 radical (unpaired) electrons. The number of H-pyrrole nitrogens is 1. The van der Waals surface area contributed by atoms with Crippen LogP contribution in [-0.2, 0) is 11.3 Å². The van der Waals surface area contributed by atoms with Gasteiger partial charge in [0.05, 0.1) is 40.8 Å². The van der Waals surface area contributed by atoms with Crippen molar-refractivity contribution in [3.05, 3.63) is 64.6 Å². The molecule has 9 nitrogen and oxygen atoms in total. The van der Waals surface area contributed by atoms with Crippen molar-refractivity contribution in [3.8, 4) is 28.8 Å². The second kappa shape index (κ2) is 9.52. The Balaban J connectivity index is 1.53. The third-order valence-electron chi connectivity index (χ3n) is 5.65. The molecular formula is C25H19Cl2N5O4. The molecule has 3 aromatic carbocycles. The molecule has 11 heteroatoms. The van der Waals surface area contributed by atoms with Gasteiger partial charge in [-0.3, -0.25) is 4.79 Å². The zero-order chi connectivity index (χ0) is 25.4. The number of methoxy groups -OCH3 is 2. The lowest BCUT2D eigenvalue weighted by Gasteiger charge is -2.08. The van der Waals surface area contributed by atoms with Gasteiger partial charge in [0.2, 0.25) is 5.88 Å². The van der Waals surface area contributed by atoms with Crippen LogP contribution >= 0.6 is 23.2 Å². The molecular weight excluding hydrogens is 505 g/mol. The van der Waals surface area contributed by atoms with Gasteiger partial charge in [-0.1, -0.05) is 23.2 Å². The zero-order valence-corrected chi connectivity index (χ0v) is 20.6. The van der Waals surface area contributed by atoms with Crippen LogP contribution in [0.3, 0.4) is 0 Å². The first kappa shape index (κ1) is 23.7. The molecule has 2 N–H and O–H groups in total. The van der Waals surface area contributed by atoms with Crippen molar-refractivity contribution in [2.75, 3.05) is 14.2 Å². The Morgan fingerprint density at radius 2 is 1.72 bits per heavy atom. The molecule has 2 heterocycles. The van der Waals surface area contributed by atoms with Crippen LogP contribution in [0.2, 0.25) is 10.0 Å². The highest BCUT2D eigenvalue weighted by Crippen LogP contribution is 2.37. The van der Waals surface area contributed by atoms with Crippen molar-refractivity contribution in [2.45, 2.75) is 6.54 Å². The molecule has 0 saturated carbocycles. The minimum absolute atomic E-state index is 0.137. The summed E-state index contributed by atoms with van der Waals surface area (Å²) in [7, 11) is 3.12. The maximum atomic E-state index is 13.0. The van der Waals surface area contributed by atoms with Crippen molar-refractivity contribution < 1.29 is 19.4 Å². The van der Waals surface area contributed by atoms with E-state index in [9.17, 15) is 9.90 Å². The van der Waals surface area contributed by atoms with Crippen LogP contribution in [-0.4, -0.2) is 39.8 Å². The van der Waals surface area contributed by atoms with Gasteiger partial charge in [0.25, 0.3) is 5.91 Å². The van der Waals surface area contributed by atoms with Crippen LogP contribution in [0.25, 0.3) is 33.3 Å². The SMILES string of the molecule is COc1ccc(-c2nc3cc(Cl)c(Cl)cc3n2CC(=O)N=Nc2c(O)[nH]c3ccc(OC)cc23)cc1. The maximum Gasteiger partial charge on any atom is 0.284 e. The summed E-state index contributed by atoms with van der Waals surface area (Å²) in [5, 5.41) is 19.4. The summed E-state index contributed by atoms with van der Waals surface area (Å²) < 4.78 is 12.2. The number of aromatic hydroxyl groups is 1. The van der Waals surface area contributed by atoms with E-state index in [0.29, 0.717) is 49.3 Å². The molecule has 1 amide bonds. The number of fused-ring (bicyclic) bond motifs is 2. The van der Waals surface area contributed by atoms with Crippen molar-refractivity contribution in [1.29, 1.82) is 0 Å². The lowest BCUT2D eigenvalue weighted by molar-refractivity contribution is -0.118. The topological polar surface area (TPSA) is 114 Å². The van der Waals surface area contributed by atoms with E-state index in [-0.39, 0.29) is 18.1 Å². The Hall–Kier alpha value is -4.08. The van der Waals surface area contributed by atoms with E-state index in [1.54, 1.807) is 54.1 Å². The van der Waals surface area contributed by atoms with Gasteiger partial charge in [0, 0.05) is 10.9 Å². The number of aromatic nitrogens is 3. The highest BCUT2D eigenvalue weighted by Gasteiger charge is 2.18. The molecule has 182 valence electrons. The number of benzene rings is 3. The number of carbonyl (C=O) groups is 1. The standard InChI is InChI=1S/C25H19Cl2N5O4/c1-35-14-5-3-13(4-6-14)24-28-20-10-17(26)18(27)11-21(20)32(24)12-22(33)30-31-23-16-9-15(36-2)7-8-19(16)29-25(23)34/h3-11,29,34H,12H2,1-2H3. The normalized spacial score (nSPS) is 11.6. The maximum absolute atomic E-state index is 13.0. The molecule has 5 aromatic rings. The molecule has 0 aliphatic carbocycles. The molecule has 0 aliphatic heterocycles. The fourth-order valence-electron chi connectivity index (χ4n) is 3.88. The summed E-state index contributed by atoms with van der Waals surface area (Å²) in [5.74, 6) is 1.02. The molecule has 0 saturated heterocycles. The van der Waals surface area contributed by atoms with E-state index < -0.39 is 5.91 Å². The van der Waals surface area contributed by atoms with Crippen molar-refractivity contribution in [1.82, 2.24) is 14.5 Å². The predicted molar refractivity (Wildman–Crippen MR) is 138 cm³/mol. The van der Waals surface area contributed by atoms with Gasteiger partial charge in [-0.05, 0) is 54.6 Å². The molecule has 0 fully saturated rings. The molecule has 0 bridgehead atoms. The average molecular weight is 524 g/mol. The predicted octanol–water partition coefficient (Wildman–Crippen LogP) is 6.52. The number of carbonyl (C=O) groups excluding carboxylic acids is 1. The zero-order valence-electron chi connectivity index (χ0n) is 19.1. The first-order valence-electron chi connectivity index (χ1n) is 10.7. The Kier molecular flexibility index (Phi) is 6.26. The molecule has 0 aliphatic rings. The van der Waals surface area contributed by atoms with Crippen molar-refractivity contribution >= 4 is 56.7 Å². The number of amides is 1. The number of rotatable bonds is 6. The van der Waals surface area contributed by atoms with Gasteiger partial charge < -0.3 is 24.1 Å². The molecule has 0 spiro atoms. The van der Waals surface area contributed by atoms with E-state index in [4.69, 9.17) is 32.7 Å². The number of imidazole rings is 1. The van der Waals surface area contributed by atoms with Crippen LogP contribution < -0.4 is 9.47 Å². The Morgan fingerprint density at radius 1 is 1.03 bits per heavy atom. The fraction of sp³-hybridized carbons (Fsp3) is 0.120. The Morgan fingerprint density at radius 3 is 2.44 bits per heavy atom. The number of hydrogen-bond acceptors (Lipinski definition) is 6. The summed E-state index contributed by atoms with van der Waals surface area (Å²) in [6.07, 6.45) is 0. The molecule has 0 unspecified atom stereocenters. The second-order valence-corrected chi connectivity index (χ2v) is 8.65. The van der Waals surface area contributed by atoms with Gasteiger partial charge in [-0.25, -0.2) is 4.98 Å². The van der Waals surface area contributed by atoms with Crippen LogP contribution in [0.4, 0.5) is 5.69 Å². The van der Waals surface area contributed by atoms with Gasteiger partial charge in [0.15, 0.2) is 5.69 Å². The monoisotopic (exact) mass is 523 g/mol. The molecule has 36 heavy (non-hydrogen) atoms. The minimum atomic E-state index is -0.563. The summed E-state index contributed by atoms with van der Waals surface area (Å²) in [6.45, 7) is -0.175. The van der Waals surface area contributed by atoms with Crippen LogP contribution in [0.5, 0.6) is 17.4 Å². The second-order valence-electron chi connectivity index (χ2n) is 7.83. The molecule has 0 atom stereocenters. The fourth-order valence-corrected chi connectivity index (χ4v) is 4.20. The minimum Gasteiger partial charge on any atom is -0.497 e. The summed E-state index contributed by atoms with van der Waals surface area (Å²) in [6, 6.07) is 15.7. The van der Waals surface area contributed by atoms with Gasteiger partial charge in [0.1, 0.15) is 23.9 Å². The lowest BCUT2D eigenvalue weighted by atomic mass is 10.2. The number of nitrogens with one attached hydrogen (secondary N) is 1. The van der Waals surface area contributed by atoms with Crippen LogP contribution in [0.1, 0.15) is 0 Å². The number of nitrogens with zero attached hydrogens (tertiary/aromatic N) is 4. The van der Waals surface area contributed by atoms with E-state index in [0.717, 1.165) is 5.56 Å².